The van der Waals surface area contributed by atoms with E-state index < -0.39 is 216 Å². The summed E-state index contributed by atoms with van der Waals surface area (Å²) < 4.78 is 50.3. The summed E-state index contributed by atoms with van der Waals surface area (Å²) in [6.07, 6.45) is -46.1. The number of ether oxygens (including phenoxy) is 9. The summed E-state index contributed by atoms with van der Waals surface area (Å²) in [4.78, 5) is 37.1. The van der Waals surface area contributed by atoms with Crippen molar-refractivity contribution in [2.24, 2.45) is 0 Å². The van der Waals surface area contributed by atoms with Crippen LogP contribution in [0.1, 0.15) is 20.3 Å². The lowest BCUT2D eigenvalue weighted by Crippen LogP contribution is -2.70. The number of aliphatic carboxylic acids is 1. The highest BCUT2D eigenvalue weighted by Crippen LogP contribution is 2.37. The summed E-state index contributed by atoms with van der Waals surface area (Å²) >= 11 is 0. The number of carbonyl (C=O) groups is 3. The highest BCUT2D eigenvalue weighted by Gasteiger charge is 2.59. The number of carboxylic acids is 1. The average Bonchev–Trinajstić information content (AvgIpc) is 3.29. The van der Waals surface area contributed by atoms with Crippen molar-refractivity contribution < 1.29 is 144 Å². The van der Waals surface area contributed by atoms with Crippen molar-refractivity contribution in [3.63, 3.8) is 0 Å². The van der Waals surface area contributed by atoms with Crippen molar-refractivity contribution in [2.45, 2.75) is 179 Å². The Labute approximate surface area is 384 Å². The molecule has 5 rings (SSSR count). The molecule has 19 N–H and O–H groups in total. The molecular formula is C37H62N2O29. The van der Waals surface area contributed by atoms with E-state index in [9.17, 15) is 101 Å². The number of aliphatic hydroxyl groups is 16. The van der Waals surface area contributed by atoms with Crippen LogP contribution in [0.3, 0.4) is 0 Å². The Kier molecular flexibility index (Phi) is 19.7. The molecule has 0 radical (unpaired) electrons. The normalized spacial score (nSPS) is 46.6. The number of carbonyl (C=O) groups excluding carboxylic acids is 2. The maximum absolute atomic E-state index is 12.7. The summed E-state index contributed by atoms with van der Waals surface area (Å²) in [6, 6.07) is -3.37. The number of aliphatic hydroxyl groups excluding tert-OH is 16. The van der Waals surface area contributed by atoms with Crippen LogP contribution in [0.15, 0.2) is 0 Å². The molecule has 5 aliphatic heterocycles. The molecule has 0 bridgehead atoms. The van der Waals surface area contributed by atoms with Crippen LogP contribution in [0.2, 0.25) is 0 Å². The van der Waals surface area contributed by atoms with E-state index in [4.69, 9.17) is 42.6 Å². The molecule has 5 aliphatic rings. The van der Waals surface area contributed by atoms with E-state index in [1.807, 2.05) is 0 Å². The molecule has 0 aromatic heterocycles. The molecule has 0 aliphatic carbocycles. The van der Waals surface area contributed by atoms with Gasteiger partial charge in [0.1, 0.15) is 116 Å². The van der Waals surface area contributed by atoms with Crippen LogP contribution >= 0.6 is 0 Å². The number of hydrogen-bond acceptors (Lipinski definition) is 28. The van der Waals surface area contributed by atoms with Gasteiger partial charge in [0, 0.05) is 20.3 Å². The van der Waals surface area contributed by atoms with Crippen molar-refractivity contribution in [3.05, 3.63) is 0 Å². The van der Waals surface area contributed by atoms with Crippen LogP contribution in [0.4, 0.5) is 0 Å². The average molecular weight is 999 g/mol. The molecule has 0 spiro atoms. The van der Waals surface area contributed by atoms with Crippen molar-refractivity contribution in [3.8, 4) is 0 Å². The third-order valence-corrected chi connectivity index (χ3v) is 12.1. The Balaban J connectivity index is 1.35. The molecule has 2 amide bonds. The highest BCUT2D eigenvalue weighted by atomic mass is 16.8. The van der Waals surface area contributed by atoms with Crippen molar-refractivity contribution in [1.29, 1.82) is 0 Å². The van der Waals surface area contributed by atoms with Crippen LogP contribution < -0.4 is 10.6 Å². The fraction of sp³-hybridized carbons (Fsp3) is 0.919. The van der Waals surface area contributed by atoms with Crippen LogP contribution in [-0.4, -0.2) is 297 Å². The summed E-state index contributed by atoms with van der Waals surface area (Å²) in [5.74, 6) is -6.55. The van der Waals surface area contributed by atoms with Crippen LogP contribution in [0.5, 0.6) is 0 Å². The minimum absolute atomic E-state index is 0.776. The quantitative estimate of drug-likeness (QED) is 0.0606. The second-order valence-corrected chi connectivity index (χ2v) is 16.9. The zero-order valence-electron chi connectivity index (χ0n) is 36.2. The molecular weight excluding hydrogens is 936 g/mol. The van der Waals surface area contributed by atoms with Crippen molar-refractivity contribution in [2.75, 3.05) is 33.0 Å². The Bertz CT molecular complexity index is 1660. The van der Waals surface area contributed by atoms with Gasteiger partial charge in [-0.15, -0.1) is 0 Å². The third kappa shape index (κ3) is 12.0. The van der Waals surface area contributed by atoms with E-state index in [2.05, 4.69) is 10.6 Å². The number of amides is 2. The second kappa shape index (κ2) is 23.8. The van der Waals surface area contributed by atoms with Gasteiger partial charge in [-0.2, -0.15) is 0 Å². The molecule has 0 aromatic carbocycles. The molecule has 68 heavy (non-hydrogen) atoms. The largest absolute Gasteiger partial charge is 0.477 e. The zero-order chi connectivity index (χ0) is 50.7. The van der Waals surface area contributed by atoms with Gasteiger partial charge in [0.05, 0.1) is 45.2 Å². The summed E-state index contributed by atoms with van der Waals surface area (Å²) in [5.41, 5.74) is 0. The van der Waals surface area contributed by atoms with Gasteiger partial charge in [-0.3, -0.25) is 9.59 Å². The maximum Gasteiger partial charge on any atom is 0.364 e. The first kappa shape index (κ1) is 56.3. The van der Waals surface area contributed by atoms with Crippen LogP contribution in [0, 0.1) is 0 Å². The standard InChI is InChI=1S/C37H62N2O29/c1-9(44)38-17-11(46)3-37(36(58)59,68-30(17)19(48)12(47)4-40)60-8-16-20(49)23(52)26(55)34(64-16)65-28-15(7-43)63-33(18(22(28)51)39-10(2)45)67-31-21(50)13(5-41)62-35(27(31)56)66-29-14(6-42)61-32(57)25(54)24(29)53/h11-35,40-43,46-57H,3-8H2,1-2H3,(H,38,44)(H,39,45)(H,58,59)/t11-,12+,13+,14+,15+,16+,17+,18+,19+,20-,21-,22+,23-,24+,25+,26+,27+,28-,29+,30+,31-,32+,33-,34-,35-,37+/m0/s1. The number of nitrogens with one attached hydrogen (secondary N) is 2. The topological polar surface area (TPSA) is 502 Å². The third-order valence-electron chi connectivity index (χ3n) is 12.1. The van der Waals surface area contributed by atoms with E-state index >= 15 is 0 Å². The fourth-order valence-corrected chi connectivity index (χ4v) is 8.43. The molecule has 0 saturated carbocycles. The molecule has 5 fully saturated rings. The monoisotopic (exact) mass is 998 g/mol. The SMILES string of the molecule is CC(=O)N[C@H]1[C@H](O[C@H]2[C@@H](O)[C@@H](CO)O[C@@H](O[C@H]3[C@H](O)[C@@H](O)[C@H](O)O[C@@H]3CO)[C@@H]2O)O[C@H](CO)[C@H](O[C@@H]2O[C@H](CO[C@]3(C(=O)O)C[C@H](O)[C@@H](NC(C)=O)[C@H]([C@H](O)[C@H](O)CO)O3)[C@H](O)[C@H](O)[C@H]2O)[C@@H]1O. The van der Waals surface area contributed by atoms with Crippen LogP contribution in [-0.2, 0) is 57.0 Å². The van der Waals surface area contributed by atoms with Crippen molar-refractivity contribution >= 4 is 17.8 Å². The highest BCUT2D eigenvalue weighted by molar-refractivity contribution is 5.76. The smallest absolute Gasteiger partial charge is 0.364 e. The van der Waals surface area contributed by atoms with Gasteiger partial charge in [-0.1, -0.05) is 0 Å². The van der Waals surface area contributed by atoms with E-state index in [0.717, 1.165) is 13.8 Å². The lowest BCUT2D eigenvalue weighted by Gasteiger charge is -2.50. The summed E-state index contributed by atoms with van der Waals surface area (Å²) in [6.45, 7) is -3.11. The molecule has 5 saturated heterocycles. The summed E-state index contributed by atoms with van der Waals surface area (Å²) in [5, 5.41) is 184. The summed E-state index contributed by atoms with van der Waals surface area (Å²) in [7, 11) is 0. The van der Waals surface area contributed by atoms with Gasteiger partial charge < -0.3 is 140 Å². The first-order chi connectivity index (χ1) is 31.9. The van der Waals surface area contributed by atoms with Gasteiger partial charge in [0.15, 0.2) is 25.2 Å². The van der Waals surface area contributed by atoms with Gasteiger partial charge >= 0.3 is 5.97 Å². The minimum atomic E-state index is -2.96. The Morgan fingerprint density at radius 2 is 1.10 bits per heavy atom. The minimum Gasteiger partial charge on any atom is -0.477 e. The number of hydrogen-bond donors (Lipinski definition) is 19. The predicted octanol–water partition coefficient (Wildman–Crippen LogP) is -12.4. The van der Waals surface area contributed by atoms with E-state index in [1.54, 1.807) is 0 Å². The first-order valence-corrected chi connectivity index (χ1v) is 21.2. The Morgan fingerprint density at radius 3 is 1.66 bits per heavy atom. The van der Waals surface area contributed by atoms with E-state index in [1.165, 1.54) is 0 Å². The van der Waals surface area contributed by atoms with E-state index in [0.29, 0.717) is 0 Å². The fourth-order valence-electron chi connectivity index (χ4n) is 8.43. The molecule has 394 valence electrons. The van der Waals surface area contributed by atoms with Gasteiger partial charge in [0.2, 0.25) is 11.8 Å². The molecule has 26 atom stereocenters. The maximum atomic E-state index is 12.7. The molecule has 0 unspecified atom stereocenters. The molecule has 31 nitrogen and oxygen atoms in total. The van der Waals surface area contributed by atoms with Gasteiger partial charge in [0.25, 0.3) is 5.79 Å². The lowest BCUT2D eigenvalue weighted by atomic mass is 9.88. The zero-order valence-corrected chi connectivity index (χ0v) is 36.2. The van der Waals surface area contributed by atoms with Gasteiger partial charge in [-0.25, -0.2) is 4.79 Å². The number of carboxylic acid groups (broad SMARTS) is 1. The first-order valence-electron chi connectivity index (χ1n) is 21.2. The Morgan fingerprint density at radius 1 is 0.588 bits per heavy atom. The molecule has 0 aromatic rings. The van der Waals surface area contributed by atoms with Crippen LogP contribution in [0.25, 0.3) is 0 Å². The predicted molar refractivity (Wildman–Crippen MR) is 207 cm³/mol. The van der Waals surface area contributed by atoms with E-state index in [-0.39, 0.29) is 0 Å². The van der Waals surface area contributed by atoms with Gasteiger partial charge in [-0.05, 0) is 0 Å². The second-order valence-electron chi connectivity index (χ2n) is 16.9. The molecule has 5 heterocycles. The molecule has 31 heteroatoms. The van der Waals surface area contributed by atoms with Crippen molar-refractivity contribution in [1.82, 2.24) is 10.6 Å². The number of rotatable bonds is 18. The lowest BCUT2D eigenvalue weighted by molar-refractivity contribution is -0.381. The Hall–Kier alpha value is -2.59.